The highest BCUT2D eigenvalue weighted by molar-refractivity contribution is 5.89. The average Bonchev–Trinajstić information content (AvgIpc) is 2.97. The standard InChI is InChI=1S/C17H22N4O2/c1-12-4-5-15(10-13(12)2)18-17(22)21-8-6-20(7-9-21)16-11-14(3)23-19-16/h4-5,10-11H,6-9H2,1-3H3,(H,18,22). The van der Waals surface area contributed by atoms with Gasteiger partial charge in [0, 0.05) is 37.9 Å². The van der Waals surface area contributed by atoms with Gasteiger partial charge < -0.3 is 19.6 Å². The molecule has 1 aliphatic heterocycles. The SMILES string of the molecule is Cc1cc(N2CCN(C(=O)Nc3ccc(C)c(C)c3)CC2)no1. The van der Waals surface area contributed by atoms with Gasteiger partial charge in [-0.2, -0.15) is 0 Å². The van der Waals surface area contributed by atoms with Gasteiger partial charge in [-0.25, -0.2) is 4.79 Å². The van der Waals surface area contributed by atoms with Crippen LogP contribution in [0.25, 0.3) is 0 Å². The molecule has 0 radical (unpaired) electrons. The van der Waals surface area contributed by atoms with Crippen molar-refractivity contribution in [3.63, 3.8) is 0 Å². The number of piperazine rings is 1. The second-order valence-electron chi connectivity index (χ2n) is 6.00. The number of anilines is 2. The Morgan fingerprint density at radius 1 is 1.09 bits per heavy atom. The number of hydrogen-bond acceptors (Lipinski definition) is 4. The van der Waals surface area contributed by atoms with Crippen molar-refractivity contribution in [2.45, 2.75) is 20.8 Å². The van der Waals surface area contributed by atoms with Crippen LogP contribution < -0.4 is 10.2 Å². The van der Waals surface area contributed by atoms with Crippen LogP contribution in [0, 0.1) is 20.8 Å². The first-order valence-corrected chi connectivity index (χ1v) is 7.84. The zero-order valence-electron chi connectivity index (χ0n) is 13.8. The largest absolute Gasteiger partial charge is 0.360 e. The normalized spacial score (nSPS) is 14.9. The van der Waals surface area contributed by atoms with Crippen molar-refractivity contribution < 1.29 is 9.32 Å². The Balaban J connectivity index is 1.56. The molecule has 1 aromatic carbocycles. The summed E-state index contributed by atoms with van der Waals surface area (Å²) in [6.07, 6.45) is 0. The van der Waals surface area contributed by atoms with Crippen molar-refractivity contribution in [3.8, 4) is 0 Å². The number of rotatable bonds is 2. The summed E-state index contributed by atoms with van der Waals surface area (Å²) < 4.78 is 5.11. The molecular weight excluding hydrogens is 292 g/mol. The van der Waals surface area contributed by atoms with Crippen LogP contribution >= 0.6 is 0 Å². The maximum Gasteiger partial charge on any atom is 0.321 e. The van der Waals surface area contributed by atoms with Crippen LogP contribution in [-0.4, -0.2) is 42.3 Å². The van der Waals surface area contributed by atoms with Crippen molar-refractivity contribution in [3.05, 3.63) is 41.2 Å². The Bertz CT molecular complexity index is 702. The van der Waals surface area contributed by atoms with Gasteiger partial charge in [0.05, 0.1) is 0 Å². The Hall–Kier alpha value is -2.50. The van der Waals surface area contributed by atoms with E-state index in [1.165, 1.54) is 11.1 Å². The molecule has 1 fully saturated rings. The molecule has 2 aromatic rings. The Morgan fingerprint density at radius 3 is 2.43 bits per heavy atom. The summed E-state index contributed by atoms with van der Waals surface area (Å²) in [6.45, 7) is 8.84. The molecule has 6 heteroatoms. The molecule has 0 aliphatic carbocycles. The number of aromatic nitrogens is 1. The number of nitrogens with one attached hydrogen (secondary N) is 1. The first-order chi connectivity index (χ1) is 11.0. The van der Waals surface area contributed by atoms with Gasteiger partial charge in [0.25, 0.3) is 0 Å². The van der Waals surface area contributed by atoms with Gasteiger partial charge in [-0.15, -0.1) is 0 Å². The van der Waals surface area contributed by atoms with Crippen molar-refractivity contribution in [2.75, 3.05) is 36.4 Å². The second-order valence-corrected chi connectivity index (χ2v) is 6.00. The predicted molar refractivity (Wildman–Crippen MR) is 90.0 cm³/mol. The highest BCUT2D eigenvalue weighted by Gasteiger charge is 2.22. The third-order valence-corrected chi connectivity index (χ3v) is 4.26. The van der Waals surface area contributed by atoms with Gasteiger partial charge in [0.1, 0.15) is 5.76 Å². The van der Waals surface area contributed by atoms with Crippen molar-refractivity contribution in [1.82, 2.24) is 10.1 Å². The van der Waals surface area contributed by atoms with Crippen LogP contribution in [0.4, 0.5) is 16.3 Å². The summed E-state index contributed by atoms with van der Waals surface area (Å²) in [6, 6.07) is 7.83. The van der Waals surface area contributed by atoms with Gasteiger partial charge in [0.2, 0.25) is 0 Å². The first-order valence-electron chi connectivity index (χ1n) is 7.84. The number of urea groups is 1. The molecule has 0 spiro atoms. The Kier molecular flexibility index (Phi) is 4.23. The minimum absolute atomic E-state index is 0.0516. The minimum atomic E-state index is -0.0516. The molecule has 3 rings (SSSR count). The van der Waals surface area contributed by atoms with Gasteiger partial charge >= 0.3 is 6.03 Å². The van der Waals surface area contributed by atoms with E-state index in [-0.39, 0.29) is 6.03 Å². The highest BCUT2D eigenvalue weighted by atomic mass is 16.5. The Morgan fingerprint density at radius 2 is 1.83 bits per heavy atom. The smallest absolute Gasteiger partial charge is 0.321 e. The topological polar surface area (TPSA) is 61.6 Å². The van der Waals surface area contributed by atoms with E-state index in [1.807, 2.05) is 43.0 Å². The summed E-state index contributed by atoms with van der Waals surface area (Å²) in [5.41, 5.74) is 3.24. The fourth-order valence-electron chi connectivity index (χ4n) is 2.66. The summed E-state index contributed by atoms with van der Waals surface area (Å²) >= 11 is 0. The predicted octanol–water partition coefficient (Wildman–Crippen LogP) is 2.95. The molecule has 2 amide bonds. The lowest BCUT2D eigenvalue weighted by atomic mass is 10.1. The molecule has 1 N–H and O–H groups in total. The first kappa shape index (κ1) is 15.4. The average molecular weight is 314 g/mol. The molecule has 122 valence electrons. The van der Waals surface area contributed by atoms with Crippen LogP contribution in [0.15, 0.2) is 28.8 Å². The number of aryl methyl sites for hydroxylation is 3. The van der Waals surface area contributed by atoms with Crippen LogP contribution in [0.2, 0.25) is 0 Å². The lowest BCUT2D eigenvalue weighted by molar-refractivity contribution is 0.208. The van der Waals surface area contributed by atoms with Crippen molar-refractivity contribution >= 4 is 17.5 Å². The molecule has 1 aliphatic rings. The van der Waals surface area contributed by atoms with Crippen LogP contribution in [0.1, 0.15) is 16.9 Å². The monoisotopic (exact) mass is 314 g/mol. The van der Waals surface area contributed by atoms with Gasteiger partial charge in [-0.1, -0.05) is 11.2 Å². The number of carbonyl (C=O) groups is 1. The maximum atomic E-state index is 12.4. The van der Waals surface area contributed by atoms with Gasteiger partial charge in [0.15, 0.2) is 5.82 Å². The van der Waals surface area contributed by atoms with Crippen LogP contribution in [0.3, 0.4) is 0 Å². The molecular formula is C17H22N4O2. The highest BCUT2D eigenvalue weighted by Crippen LogP contribution is 2.18. The van der Waals surface area contributed by atoms with E-state index in [4.69, 9.17) is 4.52 Å². The molecule has 1 aromatic heterocycles. The number of carbonyl (C=O) groups excluding carboxylic acids is 1. The summed E-state index contributed by atoms with van der Waals surface area (Å²) in [5.74, 6) is 1.65. The summed E-state index contributed by atoms with van der Waals surface area (Å²) in [5, 5.41) is 7.00. The number of hydrogen-bond donors (Lipinski definition) is 1. The lowest BCUT2D eigenvalue weighted by Gasteiger charge is -2.34. The lowest BCUT2D eigenvalue weighted by Crippen LogP contribution is -2.50. The fraction of sp³-hybridized carbons (Fsp3) is 0.412. The summed E-state index contributed by atoms with van der Waals surface area (Å²) in [7, 11) is 0. The molecule has 0 bridgehead atoms. The van der Waals surface area contributed by atoms with Crippen molar-refractivity contribution in [1.29, 1.82) is 0 Å². The molecule has 0 unspecified atom stereocenters. The van der Waals surface area contributed by atoms with Crippen LogP contribution in [-0.2, 0) is 0 Å². The van der Waals surface area contributed by atoms with E-state index in [9.17, 15) is 4.79 Å². The molecule has 23 heavy (non-hydrogen) atoms. The van der Waals surface area contributed by atoms with Crippen molar-refractivity contribution in [2.24, 2.45) is 0 Å². The third kappa shape index (κ3) is 3.47. The second kappa shape index (κ2) is 6.32. The van der Waals surface area contributed by atoms with E-state index in [2.05, 4.69) is 22.3 Å². The van der Waals surface area contributed by atoms with E-state index in [1.54, 1.807) is 0 Å². The zero-order chi connectivity index (χ0) is 16.4. The minimum Gasteiger partial charge on any atom is -0.360 e. The molecule has 6 nitrogen and oxygen atoms in total. The Labute approximate surface area is 136 Å². The number of nitrogens with zero attached hydrogens (tertiary/aromatic N) is 3. The van der Waals surface area contributed by atoms with Gasteiger partial charge in [-0.3, -0.25) is 0 Å². The fourth-order valence-corrected chi connectivity index (χ4v) is 2.66. The molecule has 0 saturated carbocycles. The molecule has 2 heterocycles. The van der Waals surface area contributed by atoms with E-state index >= 15 is 0 Å². The van der Waals surface area contributed by atoms with E-state index in [0.29, 0.717) is 13.1 Å². The zero-order valence-corrected chi connectivity index (χ0v) is 13.8. The quantitative estimate of drug-likeness (QED) is 0.926. The molecule has 1 saturated heterocycles. The number of amides is 2. The van der Waals surface area contributed by atoms with E-state index in [0.717, 1.165) is 30.4 Å². The number of benzene rings is 1. The third-order valence-electron chi connectivity index (χ3n) is 4.26. The van der Waals surface area contributed by atoms with Crippen LogP contribution in [0.5, 0.6) is 0 Å². The summed E-state index contributed by atoms with van der Waals surface area (Å²) in [4.78, 5) is 16.3. The van der Waals surface area contributed by atoms with Gasteiger partial charge in [-0.05, 0) is 44.0 Å². The molecule has 0 atom stereocenters. The van der Waals surface area contributed by atoms with E-state index < -0.39 is 0 Å². The maximum absolute atomic E-state index is 12.4.